The van der Waals surface area contributed by atoms with E-state index < -0.39 is 0 Å². The van der Waals surface area contributed by atoms with Gasteiger partial charge in [-0.3, -0.25) is 0 Å². The SMILES string of the molecule is COc1cc(C(c2cc(-c3ccc(O)cc3)ccc2O)C2C=CC(c3ccc(O)cc3)=C2)cc(I)c1O. The van der Waals surface area contributed by atoms with Crippen molar-refractivity contribution in [2.75, 3.05) is 7.11 Å². The number of hydrogen-bond acceptors (Lipinski definition) is 5. The standard InChI is InChI=1S/C31H25IO5/c1-37-29-17-23(16-27(32)31(29)36)30(22-3-2-20(14-22)18-4-9-24(33)10-5-18)26-15-21(8-13-28(26)35)19-6-11-25(34)12-7-19/h2-17,22,30,33-36H,1H3. The highest BCUT2D eigenvalue weighted by atomic mass is 127. The molecule has 0 heterocycles. The lowest BCUT2D eigenvalue weighted by atomic mass is 9.79. The van der Waals surface area contributed by atoms with Crippen LogP contribution in [-0.4, -0.2) is 27.5 Å². The van der Waals surface area contributed by atoms with Gasteiger partial charge < -0.3 is 25.2 Å². The van der Waals surface area contributed by atoms with Gasteiger partial charge in [-0.15, -0.1) is 0 Å². The molecule has 2 atom stereocenters. The lowest BCUT2D eigenvalue weighted by molar-refractivity contribution is 0.370. The molecule has 0 saturated carbocycles. The number of ether oxygens (including phenoxy) is 1. The Kier molecular flexibility index (Phi) is 6.84. The highest BCUT2D eigenvalue weighted by Gasteiger charge is 2.29. The smallest absolute Gasteiger partial charge is 0.171 e. The summed E-state index contributed by atoms with van der Waals surface area (Å²) in [5.41, 5.74) is 5.43. The normalized spacial score (nSPS) is 15.4. The molecule has 0 amide bonds. The summed E-state index contributed by atoms with van der Waals surface area (Å²) in [6, 6.07) is 23.3. The summed E-state index contributed by atoms with van der Waals surface area (Å²) in [5, 5.41) is 41.0. The second-order valence-electron chi connectivity index (χ2n) is 8.96. The fraction of sp³-hybridized carbons (Fsp3) is 0.0968. The molecule has 186 valence electrons. The van der Waals surface area contributed by atoms with E-state index in [0.717, 1.165) is 33.4 Å². The van der Waals surface area contributed by atoms with Crippen molar-refractivity contribution in [3.63, 3.8) is 0 Å². The summed E-state index contributed by atoms with van der Waals surface area (Å²) in [4.78, 5) is 0. The Morgan fingerprint density at radius 2 is 1.38 bits per heavy atom. The average molecular weight is 604 g/mol. The van der Waals surface area contributed by atoms with Crippen LogP contribution >= 0.6 is 22.6 Å². The van der Waals surface area contributed by atoms with Gasteiger partial charge in [-0.1, -0.05) is 48.6 Å². The second kappa shape index (κ2) is 10.2. The first kappa shape index (κ1) is 24.8. The number of halogens is 1. The van der Waals surface area contributed by atoms with Crippen molar-refractivity contribution in [3.8, 4) is 39.9 Å². The first-order valence-corrected chi connectivity index (χ1v) is 12.8. The van der Waals surface area contributed by atoms with Crippen molar-refractivity contribution in [1.82, 2.24) is 0 Å². The quantitative estimate of drug-likeness (QED) is 0.175. The topological polar surface area (TPSA) is 90.2 Å². The molecule has 0 aliphatic heterocycles. The molecule has 2 unspecified atom stereocenters. The number of benzene rings is 4. The van der Waals surface area contributed by atoms with Gasteiger partial charge >= 0.3 is 0 Å². The maximum absolute atomic E-state index is 11.1. The third-order valence-corrected chi connectivity index (χ3v) is 7.47. The fourth-order valence-corrected chi connectivity index (χ4v) is 5.39. The molecular weight excluding hydrogens is 579 g/mol. The van der Waals surface area contributed by atoms with Gasteiger partial charge in [0.2, 0.25) is 0 Å². The predicted octanol–water partition coefficient (Wildman–Crippen LogP) is 7.19. The second-order valence-corrected chi connectivity index (χ2v) is 10.1. The zero-order chi connectivity index (χ0) is 26.1. The number of phenolic OH excluding ortho intramolecular Hbond substituents is 4. The minimum absolute atomic E-state index is 0.0787. The van der Waals surface area contributed by atoms with Gasteiger partial charge in [0.1, 0.15) is 17.2 Å². The fourth-order valence-electron chi connectivity index (χ4n) is 4.76. The van der Waals surface area contributed by atoms with Crippen LogP contribution in [0.4, 0.5) is 0 Å². The highest BCUT2D eigenvalue weighted by molar-refractivity contribution is 14.1. The first-order valence-electron chi connectivity index (χ1n) is 11.7. The Morgan fingerprint density at radius 3 is 2.03 bits per heavy atom. The average Bonchev–Trinajstić information content (AvgIpc) is 3.38. The van der Waals surface area contributed by atoms with Gasteiger partial charge in [0, 0.05) is 17.4 Å². The van der Waals surface area contributed by atoms with Crippen LogP contribution in [0.3, 0.4) is 0 Å². The third-order valence-electron chi connectivity index (χ3n) is 6.65. The van der Waals surface area contributed by atoms with E-state index in [9.17, 15) is 20.4 Å². The van der Waals surface area contributed by atoms with E-state index in [1.807, 2.05) is 54.6 Å². The summed E-state index contributed by atoms with van der Waals surface area (Å²) in [6.07, 6.45) is 6.30. The molecule has 4 aromatic rings. The lowest BCUT2D eigenvalue weighted by Crippen LogP contribution is -2.11. The van der Waals surface area contributed by atoms with Crippen molar-refractivity contribution in [1.29, 1.82) is 0 Å². The van der Waals surface area contributed by atoms with Gasteiger partial charge in [0.05, 0.1) is 10.7 Å². The van der Waals surface area contributed by atoms with Gasteiger partial charge in [0.25, 0.3) is 0 Å². The van der Waals surface area contributed by atoms with Gasteiger partial charge in [0.15, 0.2) is 11.5 Å². The molecule has 0 aromatic heterocycles. The molecule has 0 saturated heterocycles. The van der Waals surface area contributed by atoms with Crippen molar-refractivity contribution in [3.05, 3.63) is 117 Å². The van der Waals surface area contributed by atoms with E-state index in [1.165, 1.54) is 7.11 Å². The van der Waals surface area contributed by atoms with Crippen molar-refractivity contribution in [2.45, 2.75) is 5.92 Å². The first-order chi connectivity index (χ1) is 17.8. The number of aromatic hydroxyl groups is 4. The molecule has 0 spiro atoms. The van der Waals surface area contributed by atoms with Crippen LogP contribution in [-0.2, 0) is 0 Å². The summed E-state index contributed by atoms with van der Waals surface area (Å²) in [7, 11) is 1.52. The predicted molar refractivity (Wildman–Crippen MR) is 153 cm³/mol. The Balaban J connectivity index is 1.65. The molecule has 5 rings (SSSR count). The zero-order valence-corrected chi connectivity index (χ0v) is 22.1. The Labute approximate surface area is 228 Å². The van der Waals surface area contributed by atoms with Crippen LogP contribution in [0.2, 0.25) is 0 Å². The lowest BCUT2D eigenvalue weighted by Gasteiger charge is -2.25. The summed E-state index contributed by atoms with van der Waals surface area (Å²) in [5.74, 6) is 0.618. The highest BCUT2D eigenvalue weighted by Crippen LogP contribution is 2.46. The van der Waals surface area contributed by atoms with Crippen LogP contribution < -0.4 is 4.74 Å². The molecule has 5 nitrogen and oxygen atoms in total. The Morgan fingerprint density at radius 1 is 0.757 bits per heavy atom. The molecular formula is C31H25IO5. The number of methoxy groups -OCH3 is 1. The third kappa shape index (κ3) is 5.02. The maximum atomic E-state index is 11.1. The van der Waals surface area contributed by atoms with E-state index in [0.29, 0.717) is 9.32 Å². The van der Waals surface area contributed by atoms with Crippen molar-refractivity contribution < 1.29 is 25.2 Å². The maximum Gasteiger partial charge on any atom is 0.171 e. The van der Waals surface area contributed by atoms with Crippen LogP contribution in [0.25, 0.3) is 16.7 Å². The van der Waals surface area contributed by atoms with E-state index in [1.54, 1.807) is 30.3 Å². The zero-order valence-electron chi connectivity index (χ0n) is 20.0. The van der Waals surface area contributed by atoms with Crippen LogP contribution in [0.1, 0.15) is 22.6 Å². The number of hydrogen-bond donors (Lipinski definition) is 4. The Hall–Kier alpha value is -3.91. The molecule has 1 aliphatic rings. The van der Waals surface area contributed by atoms with Crippen LogP contribution in [0, 0.1) is 9.49 Å². The minimum Gasteiger partial charge on any atom is -0.508 e. The largest absolute Gasteiger partial charge is 0.508 e. The molecule has 1 aliphatic carbocycles. The molecule has 4 aromatic carbocycles. The molecule has 0 bridgehead atoms. The van der Waals surface area contributed by atoms with E-state index in [-0.39, 0.29) is 34.8 Å². The molecule has 0 fully saturated rings. The molecule has 4 N–H and O–H groups in total. The van der Waals surface area contributed by atoms with E-state index >= 15 is 0 Å². The van der Waals surface area contributed by atoms with Crippen molar-refractivity contribution in [2.24, 2.45) is 5.92 Å². The Bertz CT molecular complexity index is 1500. The van der Waals surface area contributed by atoms with Crippen LogP contribution in [0.15, 0.2) is 97.1 Å². The van der Waals surface area contributed by atoms with E-state index in [2.05, 4.69) is 34.7 Å². The van der Waals surface area contributed by atoms with Gasteiger partial charge in [-0.05, 0) is 98.9 Å². The van der Waals surface area contributed by atoms with Crippen molar-refractivity contribution >= 4 is 28.2 Å². The van der Waals surface area contributed by atoms with Gasteiger partial charge in [-0.25, -0.2) is 0 Å². The molecule has 0 radical (unpaired) electrons. The molecule has 37 heavy (non-hydrogen) atoms. The number of allylic oxidation sites excluding steroid dienone is 4. The monoisotopic (exact) mass is 604 g/mol. The van der Waals surface area contributed by atoms with Gasteiger partial charge in [-0.2, -0.15) is 0 Å². The molecule has 6 heteroatoms. The summed E-state index contributed by atoms with van der Waals surface area (Å²) >= 11 is 2.09. The van der Waals surface area contributed by atoms with Crippen LogP contribution in [0.5, 0.6) is 28.7 Å². The van der Waals surface area contributed by atoms with E-state index in [4.69, 9.17) is 4.74 Å². The summed E-state index contributed by atoms with van der Waals surface area (Å²) in [6.45, 7) is 0. The number of phenols is 4. The minimum atomic E-state index is -0.286. The summed E-state index contributed by atoms with van der Waals surface area (Å²) < 4.78 is 6.10. The number of rotatable bonds is 6.